The van der Waals surface area contributed by atoms with E-state index in [1.54, 1.807) is 0 Å². The molecular weight excluding hydrogens is 184 g/mol. The second kappa shape index (κ2) is 3.92. The van der Waals surface area contributed by atoms with Gasteiger partial charge in [0, 0.05) is 12.8 Å². The molecule has 2 aliphatic carbocycles. The van der Waals surface area contributed by atoms with Gasteiger partial charge in [0.15, 0.2) is 0 Å². The van der Waals surface area contributed by atoms with Crippen LogP contribution in [0.2, 0.25) is 0 Å². The first-order valence-corrected chi connectivity index (χ1v) is 6.53. The predicted molar refractivity (Wildman–Crippen MR) is 62.6 cm³/mol. The van der Waals surface area contributed by atoms with Crippen LogP contribution in [0.3, 0.4) is 0 Å². The topological polar surface area (TPSA) is 17.1 Å². The Bertz CT molecular complexity index is 256. The molecule has 15 heavy (non-hydrogen) atoms. The average molecular weight is 208 g/mol. The number of carbonyl (C=O) groups is 1. The maximum absolute atomic E-state index is 11.5. The highest BCUT2D eigenvalue weighted by Gasteiger charge is 2.43. The van der Waals surface area contributed by atoms with Crippen LogP contribution in [0.1, 0.15) is 59.3 Å². The molecule has 2 aliphatic rings. The third-order valence-corrected chi connectivity index (χ3v) is 5.05. The molecule has 2 saturated carbocycles. The van der Waals surface area contributed by atoms with Gasteiger partial charge < -0.3 is 0 Å². The summed E-state index contributed by atoms with van der Waals surface area (Å²) < 4.78 is 0. The monoisotopic (exact) mass is 208 g/mol. The number of Topliss-reactive ketones (excluding diaryl/α,β-unsaturated/α-hetero) is 1. The number of ketones is 1. The molecule has 0 radical (unpaired) electrons. The number of hydrogen-bond donors (Lipinski definition) is 0. The molecule has 86 valence electrons. The second-order valence-electron chi connectivity index (χ2n) is 6.37. The number of rotatable bonds is 1. The Morgan fingerprint density at radius 2 is 2.07 bits per heavy atom. The van der Waals surface area contributed by atoms with Crippen LogP contribution in [0.25, 0.3) is 0 Å². The van der Waals surface area contributed by atoms with E-state index in [1.807, 2.05) is 0 Å². The van der Waals surface area contributed by atoms with Gasteiger partial charge in [0.25, 0.3) is 0 Å². The van der Waals surface area contributed by atoms with Crippen LogP contribution in [0.15, 0.2) is 0 Å². The lowest BCUT2D eigenvalue weighted by molar-refractivity contribution is -0.126. The molecule has 0 spiro atoms. The third-order valence-electron chi connectivity index (χ3n) is 5.05. The fourth-order valence-electron chi connectivity index (χ4n) is 3.55. The minimum Gasteiger partial charge on any atom is -0.300 e. The largest absolute Gasteiger partial charge is 0.300 e. The Kier molecular flexibility index (Phi) is 2.92. The first-order chi connectivity index (χ1) is 7.01. The van der Waals surface area contributed by atoms with E-state index in [0.29, 0.717) is 17.1 Å². The van der Waals surface area contributed by atoms with Crippen molar-refractivity contribution in [1.82, 2.24) is 0 Å². The van der Waals surface area contributed by atoms with E-state index in [4.69, 9.17) is 0 Å². The van der Waals surface area contributed by atoms with Crippen LogP contribution in [-0.2, 0) is 4.79 Å². The molecule has 0 amide bonds. The van der Waals surface area contributed by atoms with Crippen molar-refractivity contribution >= 4 is 5.78 Å². The lowest BCUT2D eigenvalue weighted by atomic mass is 9.57. The summed E-state index contributed by atoms with van der Waals surface area (Å²) in [6.07, 6.45) is 6.92. The second-order valence-corrected chi connectivity index (χ2v) is 6.37. The Hall–Kier alpha value is -0.330. The van der Waals surface area contributed by atoms with Crippen molar-refractivity contribution in [2.75, 3.05) is 0 Å². The smallest absolute Gasteiger partial charge is 0.133 e. The van der Waals surface area contributed by atoms with Crippen molar-refractivity contribution in [3.8, 4) is 0 Å². The SMILES string of the molecule is CC(C)C1CCC2(C)CCC(=O)CC2C1. The molecule has 3 unspecified atom stereocenters. The molecule has 3 atom stereocenters. The molecule has 0 aromatic carbocycles. The molecule has 2 fully saturated rings. The molecule has 0 aliphatic heterocycles. The summed E-state index contributed by atoms with van der Waals surface area (Å²) in [7, 11) is 0. The lowest BCUT2D eigenvalue weighted by Gasteiger charge is -2.48. The zero-order valence-corrected chi connectivity index (χ0v) is 10.4. The molecule has 0 heterocycles. The quantitative estimate of drug-likeness (QED) is 0.640. The third kappa shape index (κ3) is 2.11. The zero-order valence-electron chi connectivity index (χ0n) is 10.4. The standard InChI is InChI=1S/C14H24O/c1-10(2)11-4-6-14(3)7-5-13(15)9-12(14)8-11/h10-12H,4-9H2,1-3H3. The van der Waals surface area contributed by atoms with E-state index in [2.05, 4.69) is 20.8 Å². The predicted octanol–water partition coefficient (Wildman–Crippen LogP) is 3.82. The highest BCUT2D eigenvalue weighted by Crippen LogP contribution is 2.51. The Morgan fingerprint density at radius 1 is 1.33 bits per heavy atom. The van der Waals surface area contributed by atoms with Gasteiger partial charge in [-0.25, -0.2) is 0 Å². The highest BCUT2D eigenvalue weighted by molar-refractivity contribution is 5.79. The Labute approximate surface area is 93.6 Å². The molecule has 0 aromatic rings. The van der Waals surface area contributed by atoms with Crippen LogP contribution < -0.4 is 0 Å². The van der Waals surface area contributed by atoms with Gasteiger partial charge in [0.2, 0.25) is 0 Å². The minimum atomic E-state index is 0.499. The maximum Gasteiger partial charge on any atom is 0.133 e. The Balaban J connectivity index is 2.07. The van der Waals surface area contributed by atoms with Gasteiger partial charge in [-0.3, -0.25) is 4.79 Å². The van der Waals surface area contributed by atoms with Crippen molar-refractivity contribution in [3.63, 3.8) is 0 Å². The molecule has 0 saturated heterocycles. The van der Waals surface area contributed by atoms with E-state index in [-0.39, 0.29) is 0 Å². The number of fused-ring (bicyclic) bond motifs is 1. The first kappa shape index (κ1) is 11.2. The first-order valence-electron chi connectivity index (χ1n) is 6.53. The lowest BCUT2D eigenvalue weighted by Crippen LogP contribution is -2.40. The van der Waals surface area contributed by atoms with Crippen molar-refractivity contribution in [3.05, 3.63) is 0 Å². The summed E-state index contributed by atoms with van der Waals surface area (Å²) in [4.78, 5) is 11.5. The van der Waals surface area contributed by atoms with Crippen LogP contribution in [0, 0.1) is 23.2 Å². The minimum absolute atomic E-state index is 0.499. The maximum atomic E-state index is 11.5. The van der Waals surface area contributed by atoms with Crippen LogP contribution >= 0.6 is 0 Å². The number of hydrogen-bond acceptors (Lipinski definition) is 1. The van der Waals surface area contributed by atoms with Gasteiger partial charge >= 0.3 is 0 Å². The molecule has 1 heteroatoms. The molecule has 0 bridgehead atoms. The zero-order chi connectivity index (χ0) is 11.1. The van der Waals surface area contributed by atoms with Gasteiger partial charge in [0.1, 0.15) is 5.78 Å². The van der Waals surface area contributed by atoms with Gasteiger partial charge in [-0.2, -0.15) is 0 Å². The van der Waals surface area contributed by atoms with Crippen molar-refractivity contribution in [2.24, 2.45) is 23.2 Å². The summed E-state index contributed by atoms with van der Waals surface area (Å²) in [6.45, 7) is 7.08. The van der Waals surface area contributed by atoms with Gasteiger partial charge in [-0.05, 0) is 48.9 Å². The molecule has 0 N–H and O–H groups in total. The van der Waals surface area contributed by atoms with E-state index in [0.717, 1.165) is 31.1 Å². The molecule has 2 rings (SSSR count). The van der Waals surface area contributed by atoms with E-state index in [1.165, 1.54) is 19.3 Å². The van der Waals surface area contributed by atoms with Crippen molar-refractivity contribution in [1.29, 1.82) is 0 Å². The van der Waals surface area contributed by atoms with E-state index in [9.17, 15) is 4.79 Å². The highest BCUT2D eigenvalue weighted by atomic mass is 16.1. The normalized spacial score (nSPS) is 41.7. The van der Waals surface area contributed by atoms with Crippen LogP contribution in [0.5, 0.6) is 0 Å². The van der Waals surface area contributed by atoms with E-state index >= 15 is 0 Å². The molecule has 1 nitrogen and oxygen atoms in total. The van der Waals surface area contributed by atoms with Crippen molar-refractivity contribution < 1.29 is 4.79 Å². The summed E-state index contributed by atoms with van der Waals surface area (Å²) in [6, 6.07) is 0. The van der Waals surface area contributed by atoms with Gasteiger partial charge in [-0.15, -0.1) is 0 Å². The fourth-order valence-corrected chi connectivity index (χ4v) is 3.55. The molecule has 0 aromatic heterocycles. The fraction of sp³-hybridized carbons (Fsp3) is 0.929. The van der Waals surface area contributed by atoms with Crippen LogP contribution in [0.4, 0.5) is 0 Å². The van der Waals surface area contributed by atoms with E-state index < -0.39 is 0 Å². The summed E-state index contributed by atoms with van der Waals surface area (Å²) in [5, 5.41) is 0. The van der Waals surface area contributed by atoms with Crippen LogP contribution in [-0.4, -0.2) is 5.78 Å². The summed E-state index contributed by atoms with van der Waals surface area (Å²) in [5.74, 6) is 2.88. The van der Waals surface area contributed by atoms with Crippen molar-refractivity contribution in [2.45, 2.75) is 59.3 Å². The summed E-state index contributed by atoms with van der Waals surface area (Å²) >= 11 is 0. The number of carbonyl (C=O) groups excluding carboxylic acids is 1. The van der Waals surface area contributed by atoms with Gasteiger partial charge in [-0.1, -0.05) is 20.8 Å². The summed E-state index contributed by atoms with van der Waals surface area (Å²) in [5.41, 5.74) is 0.499. The van der Waals surface area contributed by atoms with Gasteiger partial charge in [0.05, 0.1) is 0 Å². The average Bonchev–Trinajstić information content (AvgIpc) is 2.18. The molecular formula is C14H24O. The Morgan fingerprint density at radius 3 is 2.73 bits per heavy atom.